The number of hydrogen-bond donors (Lipinski definition) is 1. The van der Waals surface area contributed by atoms with Crippen LogP contribution in [0, 0.1) is 12.8 Å². The van der Waals surface area contributed by atoms with Crippen LogP contribution in [0.2, 0.25) is 5.02 Å². The van der Waals surface area contributed by atoms with Crippen LogP contribution in [0.15, 0.2) is 12.1 Å². The monoisotopic (exact) mass is 268 g/mol. The predicted molar refractivity (Wildman–Crippen MR) is 77.0 cm³/mol. The van der Waals surface area contributed by atoms with Gasteiger partial charge >= 0.3 is 0 Å². The molecule has 0 aromatic heterocycles. The number of ether oxygens (including phenoxy) is 1. The summed E-state index contributed by atoms with van der Waals surface area (Å²) >= 11 is 6.14. The summed E-state index contributed by atoms with van der Waals surface area (Å²) in [6, 6.07) is 4.04. The lowest BCUT2D eigenvalue weighted by atomic mass is 10.1. The van der Waals surface area contributed by atoms with Gasteiger partial charge in [0.25, 0.3) is 0 Å². The molecule has 0 bridgehead atoms. The molecule has 0 saturated carbocycles. The number of anilines is 1. The van der Waals surface area contributed by atoms with Gasteiger partial charge in [-0.25, -0.2) is 0 Å². The second-order valence-corrected chi connectivity index (χ2v) is 5.34. The number of aryl methyl sites for hydroxylation is 1. The topological polar surface area (TPSA) is 24.5 Å². The predicted octanol–water partition coefficient (Wildman–Crippen LogP) is 2.70. The molecule has 0 aliphatic carbocycles. The van der Waals surface area contributed by atoms with Crippen LogP contribution in [0.5, 0.6) is 5.75 Å². The number of methoxy groups -OCH3 is 1. The average molecular weight is 269 g/mol. The molecule has 1 aliphatic heterocycles. The van der Waals surface area contributed by atoms with Crippen molar-refractivity contribution >= 4 is 17.3 Å². The summed E-state index contributed by atoms with van der Waals surface area (Å²) in [4.78, 5) is 2.39. The Balaban J connectivity index is 2.20. The van der Waals surface area contributed by atoms with Crippen LogP contribution in [0.3, 0.4) is 0 Å². The molecule has 1 unspecified atom stereocenters. The SMILES string of the molecule is CNCC1CCN(c2cc(C)c(Cl)cc2OC)C1. The third kappa shape index (κ3) is 2.73. The maximum atomic E-state index is 6.14. The van der Waals surface area contributed by atoms with Crippen LogP contribution >= 0.6 is 11.6 Å². The van der Waals surface area contributed by atoms with Crippen molar-refractivity contribution in [3.63, 3.8) is 0 Å². The molecule has 1 atom stereocenters. The van der Waals surface area contributed by atoms with Gasteiger partial charge in [0.05, 0.1) is 12.8 Å². The van der Waals surface area contributed by atoms with E-state index in [0.717, 1.165) is 47.6 Å². The number of benzene rings is 1. The van der Waals surface area contributed by atoms with Crippen molar-refractivity contribution in [1.29, 1.82) is 0 Å². The van der Waals surface area contributed by atoms with Gasteiger partial charge in [0.1, 0.15) is 5.75 Å². The largest absolute Gasteiger partial charge is 0.495 e. The van der Waals surface area contributed by atoms with Crippen LogP contribution in [0.1, 0.15) is 12.0 Å². The van der Waals surface area contributed by atoms with Gasteiger partial charge in [-0.15, -0.1) is 0 Å². The first kappa shape index (κ1) is 13.5. The molecular weight excluding hydrogens is 248 g/mol. The number of nitrogens with one attached hydrogen (secondary N) is 1. The Bertz CT molecular complexity index is 423. The Kier molecular flexibility index (Phi) is 4.36. The Morgan fingerprint density at radius 1 is 1.50 bits per heavy atom. The van der Waals surface area contributed by atoms with E-state index >= 15 is 0 Å². The summed E-state index contributed by atoms with van der Waals surface area (Å²) in [6.45, 7) is 5.28. The van der Waals surface area contributed by atoms with Gasteiger partial charge < -0.3 is 15.0 Å². The molecule has 0 amide bonds. The fraction of sp³-hybridized carbons (Fsp3) is 0.571. The standard InChI is InChI=1S/C14H21ClN2O/c1-10-6-13(14(18-3)7-12(10)15)17-5-4-11(9-17)8-16-2/h6-7,11,16H,4-5,8-9H2,1-3H3. The lowest BCUT2D eigenvalue weighted by molar-refractivity contribution is 0.414. The molecule has 1 aromatic carbocycles. The van der Waals surface area contributed by atoms with Gasteiger partial charge in [-0.05, 0) is 44.5 Å². The summed E-state index contributed by atoms with van der Waals surface area (Å²) < 4.78 is 5.45. The Labute approximate surface area is 114 Å². The quantitative estimate of drug-likeness (QED) is 0.909. The van der Waals surface area contributed by atoms with Gasteiger partial charge in [0, 0.05) is 24.2 Å². The summed E-state index contributed by atoms with van der Waals surface area (Å²) in [5.74, 6) is 1.59. The van der Waals surface area contributed by atoms with E-state index in [1.165, 1.54) is 6.42 Å². The Morgan fingerprint density at radius 3 is 2.94 bits per heavy atom. The van der Waals surface area contributed by atoms with Crippen molar-refractivity contribution in [3.05, 3.63) is 22.7 Å². The minimum absolute atomic E-state index is 0.718. The third-order valence-electron chi connectivity index (χ3n) is 3.58. The van der Waals surface area contributed by atoms with Crippen LogP contribution in [0.25, 0.3) is 0 Å². The van der Waals surface area contributed by atoms with Gasteiger partial charge in [-0.3, -0.25) is 0 Å². The molecular formula is C14H21ClN2O. The van der Waals surface area contributed by atoms with Crippen molar-refractivity contribution in [1.82, 2.24) is 5.32 Å². The van der Waals surface area contributed by atoms with Crippen molar-refractivity contribution in [2.75, 3.05) is 38.7 Å². The molecule has 4 heteroatoms. The second-order valence-electron chi connectivity index (χ2n) is 4.93. The van der Waals surface area contributed by atoms with Gasteiger partial charge in [-0.1, -0.05) is 11.6 Å². The highest BCUT2D eigenvalue weighted by atomic mass is 35.5. The number of hydrogen-bond acceptors (Lipinski definition) is 3. The number of halogens is 1. The minimum Gasteiger partial charge on any atom is -0.495 e. The zero-order valence-corrected chi connectivity index (χ0v) is 12.0. The van der Waals surface area contributed by atoms with E-state index in [0.29, 0.717) is 0 Å². The van der Waals surface area contributed by atoms with Crippen LogP contribution in [0.4, 0.5) is 5.69 Å². The zero-order valence-electron chi connectivity index (χ0n) is 11.3. The molecule has 1 N–H and O–H groups in total. The van der Waals surface area contributed by atoms with E-state index in [-0.39, 0.29) is 0 Å². The van der Waals surface area contributed by atoms with Crippen LogP contribution in [-0.2, 0) is 0 Å². The molecule has 1 aliphatic rings. The van der Waals surface area contributed by atoms with Crippen LogP contribution in [-0.4, -0.2) is 33.8 Å². The maximum Gasteiger partial charge on any atom is 0.143 e. The average Bonchev–Trinajstić information content (AvgIpc) is 2.81. The second kappa shape index (κ2) is 5.81. The number of nitrogens with zero attached hydrogens (tertiary/aromatic N) is 1. The van der Waals surface area contributed by atoms with E-state index < -0.39 is 0 Å². The molecule has 0 spiro atoms. The first-order valence-corrected chi connectivity index (χ1v) is 6.77. The highest BCUT2D eigenvalue weighted by Crippen LogP contribution is 2.36. The summed E-state index contributed by atoms with van der Waals surface area (Å²) in [5.41, 5.74) is 2.27. The lowest BCUT2D eigenvalue weighted by Gasteiger charge is -2.22. The van der Waals surface area contributed by atoms with Crippen LogP contribution < -0.4 is 15.0 Å². The van der Waals surface area contributed by atoms with Gasteiger partial charge in [0.15, 0.2) is 0 Å². The molecule has 1 aromatic rings. The van der Waals surface area contributed by atoms with Crippen molar-refractivity contribution < 1.29 is 4.74 Å². The molecule has 2 rings (SSSR count). The fourth-order valence-electron chi connectivity index (χ4n) is 2.57. The molecule has 1 saturated heterocycles. The van der Waals surface area contributed by atoms with E-state index in [1.807, 2.05) is 20.0 Å². The normalized spacial score (nSPS) is 19.3. The van der Waals surface area contributed by atoms with Gasteiger partial charge in [-0.2, -0.15) is 0 Å². The van der Waals surface area contributed by atoms with Crippen molar-refractivity contribution in [2.45, 2.75) is 13.3 Å². The van der Waals surface area contributed by atoms with Gasteiger partial charge in [0.2, 0.25) is 0 Å². The zero-order chi connectivity index (χ0) is 13.1. The van der Waals surface area contributed by atoms with Crippen molar-refractivity contribution in [3.8, 4) is 5.75 Å². The Hall–Kier alpha value is -0.930. The Morgan fingerprint density at radius 2 is 2.28 bits per heavy atom. The maximum absolute atomic E-state index is 6.14. The molecule has 0 radical (unpaired) electrons. The first-order valence-electron chi connectivity index (χ1n) is 6.39. The first-order chi connectivity index (χ1) is 8.65. The molecule has 100 valence electrons. The molecule has 18 heavy (non-hydrogen) atoms. The summed E-state index contributed by atoms with van der Waals surface area (Å²) in [5, 5.41) is 4.02. The molecule has 1 heterocycles. The third-order valence-corrected chi connectivity index (χ3v) is 3.99. The smallest absolute Gasteiger partial charge is 0.143 e. The minimum atomic E-state index is 0.718. The van der Waals surface area contributed by atoms with E-state index in [1.54, 1.807) is 7.11 Å². The molecule has 1 fully saturated rings. The number of rotatable bonds is 4. The van der Waals surface area contributed by atoms with Crippen molar-refractivity contribution in [2.24, 2.45) is 5.92 Å². The summed E-state index contributed by atoms with van der Waals surface area (Å²) in [7, 11) is 3.71. The van der Waals surface area contributed by atoms with E-state index in [9.17, 15) is 0 Å². The highest BCUT2D eigenvalue weighted by molar-refractivity contribution is 6.31. The fourth-order valence-corrected chi connectivity index (χ4v) is 2.72. The highest BCUT2D eigenvalue weighted by Gasteiger charge is 2.24. The van der Waals surface area contributed by atoms with E-state index in [4.69, 9.17) is 16.3 Å². The summed E-state index contributed by atoms with van der Waals surface area (Å²) in [6.07, 6.45) is 1.23. The molecule has 3 nitrogen and oxygen atoms in total. The lowest BCUT2D eigenvalue weighted by Crippen LogP contribution is -2.24. The van der Waals surface area contributed by atoms with E-state index in [2.05, 4.69) is 16.3 Å².